The van der Waals surface area contributed by atoms with Crippen molar-refractivity contribution in [1.29, 1.82) is 0 Å². The molecule has 0 bridgehead atoms. The zero-order valence-electron chi connectivity index (χ0n) is 24.6. The molecule has 5 rings (SSSR count). The van der Waals surface area contributed by atoms with Gasteiger partial charge in [-0.05, 0) is 37.5 Å². The van der Waals surface area contributed by atoms with Crippen LogP contribution in [0.15, 0.2) is 72.7 Å². The second-order valence-electron chi connectivity index (χ2n) is 11.0. The second kappa shape index (κ2) is 13.8. The van der Waals surface area contributed by atoms with Gasteiger partial charge in [-0.2, -0.15) is 9.97 Å². The third-order valence-corrected chi connectivity index (χ3v) is 7.98. The van der Waals surface area contributed by atoms with Gasteiger partial charge < -0.3 is 29.3 Å². The van der Waals surface area contributed by atoms with Crippen molar-refractivity contribution in [3.05, 3.63) is 84.0 Å². The first-order chi connectivity index (χ1) is 20.4. The van der Waals surface area contributed by atoms with Crippen LogP contribution in [0.25, 0.3) is 0 Å². The van der Waals surface area contributed by atoms with E-state index in [2.05, 4.69) is 34.8 Å². The summed E-state index contributed by atoms with van der Waals surface area (Å²) in [7, 11) is 0. The zero-order valence-corrected chi connectivity index (χ0v) is 24.6. The summed E-state index contributed by atoms with van der Waals surface area (Å²) in [5, 5.41) is 10.6. The number of aliphatic hydroxyl groups excluding tert-OH is 1. The van der Waals surface area contributed by atoms with Crippen molar-refractivity contribution in [1.82, 2.24) is 24.7 Å². The van der Waals surface area contributed by atoms with E-state index in [1.807, 2.05) is 29.2 Å². The molecule has 0 unspecified atom stereocenters. The van der Waals surface area contributed by atoms with Crippen LogP contribution in [-0.2, 0) is 22.5 Å². The molecule has 0 saturated carbocycles. The van der Waals surface area contributed by atoms with Crippen LogP contribution >= 0.6 is 0 Å². The third-order valence-electron chi connectivity index (χ3n) is 7.98. The van der Waals surface area contributed by atoms with Crippen LogP contribution in [0.4, 0.5) is 5.82 Å². The Morgan fingerprint density at radius 3 is 2.67 bits per heavy atom. The summed E-state index contributed by atoms with van der Waals surface area (Å²) in [4.78, 5) is 30.7. The van der Waals surface area contributed by atoms with Crippen molar-refractivity contribution in [2.45, 2.75) is 32.4 Å². The molecule has 4 aliphatic rings. The molecule has 0 spiro atoms. The first-order valence-electron chi connectivity index (χ1n) is 14.8. The number of nitrogens with zero attached hydrogens (tertiary/aromatic N) is 6. The normalized spacial score (nSPS) is 24.9. The molecular formula is C32H42N6O4. The highest BCUT2D eigenvalue weighted by atomic mass is 16.5. The molecule has 1 atom stereocenters. The van der Waals surface area contributed by atoms with E-state index in [0.717, 1.165) is 74.2 Å². The maximum absolute atomic E-state index is 12.2. The summed E-state index contributed by atoms with van der Waals surface area (Å²) in [6, 6.07) is 0.363. The number of carbonyl (C=O) groups is 1. The van der Waals surface area contributed by atoms with Gasteiger partial charge in [-0.25, -0.2) is 0 Å². The van der Waals surface area contributed by atoms with Gasteiger partial charge in [0.1, 0.15) is 17.7 Å². The number of allylic oxidation sites excluding steroid dienone is 6. The number of aliphatic hydroxyl groups is 1. The second-order valence-corrected chi connectivity index (χ2v) is 11.0. The molecule has 10 nitrogen and oxygen atoms in total. The molecule has 4 heterocycles. The van der Waals surface area contributed by atoms with Crippen molar-refractivity contribution in [2.24, 2.45) is 0 Å². The Labute approximate surface area is 248 Å². The molecule has 10 heteroatoms. The summed E-state index contributed by atoms with van der Waals surface area (Å²) in [5.74, 6) is 1.05. The minimum atomic E-state index is -0.100. The van der Waals surface area contributed by atoms with Crippen LogP contribution in [0, 0.1) is 0 Å². The van der Waals surface area contributed by atoms with E-state index in [1.165, 1.54) is 6.08 Å². The van der Waals surface area contributed by atoms with Gasteiger partial charge in [0.15, 0.2) is 0 Å². The number of carbonyl (C=O) groups excluding carboxylic acids is 1. The average Bonchev–Trinajstić information content (AvgIpc) is 3.00. The van der Waals surface area contributed by atoms with E-state index < -0.39 is 0 Å². The summed E-state index contributed by atoms with van der Waals surface area (Å²) in [6.07, 6.45) is 14.1. The number of ether oxygens (including phenoxy) is 2. The van der Waals surface area contributed by atoms with Gasteiger partial charge in [-0.1, -0.05) is 37.5 Å². The van der Waals surface area contributed by atoms with Crippen LogP contribution in [0.3, 0.4) is 0 Å². The predicted molar refractivity (Wildman–Crippen MR) is 163 cm³/mol. The smallest absolute Gasteiger partial charge is 0.318 e. The van der Waals surface area contributed by atoms with E-state index in [4.69, 9.17) is 19.4 Å². The lowest BCUT2D eigenvalue weighted by Gasteiger charge is -2.38. The summed E-state index contributed by atoms with van der Waals surface area (Å²) in [5.41, 5.74) is 3.69. The molecule has 1 aromatic heterocycles. The SMILES string of the molecule is C=CC(=O)N1CCN(c2nc(O[C@H](C)CN3CCOCC3)nc3c2CCN(/C2=C/C(O)=C\C/C=C\C=C/C2=C)C3)CC1. The van der Waals surface area contributed by atoms with Crippen molar-refractivity contribution in [3.8, 4) is 6.01 Å². The van der Waals surface area contributed by atoms with Crippen LogP contribution < -0.4 is 9.64 Å². The van der Waals surface area contributed by atoms with Crippen molar-refractivity contribution >= 4 is 11.7 Å². The Morgan fingerprint density at radius 1 is 1.12 bits per heavy atom. The number of anilines is 1. The average molecular weight is 575 g/mol. The number of rotatable bonds is 7. The fraction of sp³-hybridized carbons (Fsp3) is 0.469. The van der Waals surface area contributed by atoms with Gasteiger partial charge in [0.2, 0.25) is 5.91 Å². The van der Waals surface area contributed by atoms with E-state index in [1.54, 1.807) is 12.2 Å². The van der Waals surface area contributed by atoms with Crippen molar-refractivity contribution in [3.63, 3.8) is 0 Å². The lowest BCUT2D eigenvalue weighted by Crippen LogP contribution is -2.49. The highest BCUT2D eigenvalue weighted by Crippen LogP contribution is 2.32. The largest absolute Gasteiger partial charge is 0.508 e. The van der Waals surface area contributed by atoms with Crippen molar-refractivity contribution < 1.29 is 19.4 Å². The fourth-order valence-corrected chi connectivity index (χ4v) is 5.73. The predicted octanol–water partition coefficient (Wildman–Crippen LogP) is 3.17. The molecule has 1 N–H and O–H groups in total. The van der Waals surface area contributed by atoms with Crippen LogP contribution in [0.1, 0.15) is 24.6 Å². The van der Waals surface area contributed by atoms with E-state index in [-0.39, 0.29) is 17.8 Å². The van der Waals surface area contributed by atoms with Gasteiger partial charge in [0.25, 0.3) is 0 Å². The first kappa shape index (κ1) is 29.6. The number of aromatic nitrogens is 2. The molecule has 2 saturated heterocycles. The summed E-state index contributed by atoms with van der Waals surface area (Å²) < 4.78 is 11.8. The molecule has 1 aliphatic carbocycles. The highest BCUT2D eigenvalue weighted by Gasteiger charge is 2.30. The quantitative estimate of drug-likeness (QED) is 0.493. The van der Waals surface area contributed by atoms with E-state index >= 15 is 0 Å². The summed E-state index contributed by atoms with van der Waals surface area (Å²) >= 11 is 0. The Morgan fingerprint density at radius 2 is 1.90 bits per heavy atom. The minimum absolute atomic E-state index is 0.0444. The molecule has 0 aromatic carbocycles. The molecule has 1 amide bonds. The first-order valence-corrected chi connectivity index (χ1v) is 14.8. The molecule has 0 radical (unpaired) electrons. The van der Waals surface area contributed by atoms with Crippen LogP contribution in [0.5, 0.6) is 6.01 Å². The Kier molecular flexibility index (Phi) is 9.76. The van der Waals surface area contributed by atoms with E-state index in [9.17, 15) is 9.90 Å². The number of amides is 1. The standard InChI is InChI=1S/C32H42N6O4/c1-4-30(40)36-13-15-37(16-14-36)31-27-11-12-38(29-21-26(39)10-8-6-5-7-9-24(29)2)23-28(27)33-32(34-31)42-25(3)22-35-17-19-41-20-18-35/h4-7,9-10,21,25,39H,1-2,8,11-20,22-23H2,3H3/b6-5-,9-7-,26-10+,29-21+/t25-/m1/s1. The molecule has 224 valence electrons. The molecule has 3 aliphatic heterocycles. The summed E-state index contributed by atoms with van der Waals surface area (Å²) in [6.45, 7) is 17.8. The maximum Gasteiger partial charge on any atom is 0.318 e. The number of morpholine rings is 1. The monoisotopic (exact) mass is 574 g/mol. The lowest BCUT2D eigenvalue weighted by atomic mass is 10.0. The van der Waals surface area contributed by atoms with Gasteiger partial charge >= 0.3 is 6.01 Å². The number of piperazine rings is 1. The lowest BCUT2D eigenvalue weighted by molar-refractivity contribution is -0.126. The van der Waals surface area contributed by atoms with Crippen LogP contribution in [0.2, 0.25) is 0 Å². The van der Waals surface area contributed by atoms with Gasteiger partial charge in [0.05, 0.1) is 25.5 Å². The Bertz CT molecular complexity index is 1290. The Hall–Kier alpha value is -3.89. The molecule has 1 aromatic rings. The van der Waals surface area contributed by atoms with Gasteiger partial charge in [-0.15, -0.1) is 0 Å². The topological polar surface area (TPSA) is 94.5 Å². The third kappa shape index (κ3) is 7.30. The van der Waals surface area contributed by atoms with Gasteiger partial charge in [-0.3, -0.25) is 9.69 Å². The van der Waals surface area contributed by atoms with Gasteiger partial charge in [0, 0.05) is 69.7 Å². The number of hydrogen-bond donors (Lipinski definition) is 1. The Balaban J connectivity index is 1.42. The number of hydrogen-bond acceptors (Lipinski definition) is 9. The zero-order chi connectivity index (χ0) is 29.5. The minimum Gasteiger partial charge on any atom is -0.508 e. The molecule has 2 fully saturated rings. The highest BCUT2D eigenvalue weighted by molar-refractivity contribution is 5.87. The maximum atomic E-state index is 12.2. The molecular weight excluding hydrogens is 532 g/mol. The van der Waals surface area contributed by atoms with Crippen LogP contribution in [-0.4, -0.2) is 107 Å². The van der Waals surface area contributed by atoms with E-state index in [0.29, 0.717) is 45.2 Å². The van der Waals surface area contributed by atoms with Crippen molar-refractivity contribution in [2.75, 3.05) is 70.5 Å². The number of fused-ring (bicyclic) bond motifs is 1. The molecule has 42 heavy (non-hydrogen) atoms. The fourth-order valence-electron chi connectivity index (χ4n) is 5.73.